The Balaban J connectivity index is 2.44. The van der Waals surface area contributed by atoms with Crippen LogP contribution in [-0.4, -0.2) is 34.5 Å². The molecule has 1 atom stereocenters. The minimum absolute atomic E-state index is 0.130. The van der Waals surface area contributed by atoms with Gasteiger partial charge in [0.1, 0.15) is 0 Å². The third-order valence-electron chi connectivity index (χ3n) is 3.35. The zero-order chi connectivity index (χ0) is 14.3. The molecule has 0 radical (unpaired) electrons. The summed E-state index contributed by atoms with van der Waals surface area (Å²) in [5.74, 6) is 0.179. The maximum atomic E-state index is 12.1. The molecule has 0 fully saturated rings. The molecule has 19 heavy (non-hydrogen) atoms. The van der Waals surface area contributed by atoms with E-state index >= 15 is 0 Å². The summed E-state index contributed by atoms with van der Waals surface area (Å²) in [6, 6.07) is 1.98. The van der Waals surface area contributed by atoms with E-state index in [1.54, 1.807) is 0 Å². The minimum atomic E-state index is -0.130. The molecule has 1 rings (SSSR count). The summed E-state index contributed by atoms with van der Waals surface area (Å²) in [5, 5.41) is 3.30. The van der Waals surface area contributed by atoms with E-state index in [-0.39, 0.29) is 11.9 Å². The topological polar surface area (TPSA) is 37.3 Å². The highest BCUT2D eigenvalue weighted by Gasteiger charge is 2.17. The molecule has 1 N–H and O–H groups in total. The van der Waals surface area contributed by atoms with E-state index < -0.39 is 0 Å². The summed E-state index contributed by atoms with van der Waals surface area (Å²) in [4.78, 5) is 14.0. The molecule has 0 spiro atoms. The predicted molar refractivity (Wildman–Crippen MR) is 79.0 cm³/mol. The van der Waals surface area contributed by atoms with Crippen LogP contribution in [0.1, 0.15) is 39.7 Å². The zero-order valence-electron chi connectivity index (χ0n) is 12.6. The van der Waals surface area contributed by atoms with E-state index in [2.05, 4.69) is 35.3 Å². The normalized spacial score (nSPS) is 12.4. The van der Waals surface area contributed by atoms with Crippen LogP contribution in [0.2, 0.25) is 0 Å². The molecule has 1 heterocycles. The van der Waals surface area contributed by atoms with E-state index in [1.165, 1.54) is 5.56 Å². The Morgan fingerprint density at radius 1 is 1.37 bits per heavy atom. The number of amides is 1. The Morgan fingerprint density at radius 3 is 2.63 bits per heavy atom. The van der Waals surface area contributed by atoms with Crippen LogP contribution in [0, 0.1) is 0 Å². The van der Waals surface area contributed by atoms with E-state index in [9.17, 15) is 4.79 Å². The van der Waals surface area contributed by atoms with Gasteiger partial charge in [-0.15, -0.1) is 0 Å². The highest BCUT2D eigenvalue weighted by molar-refractivity contribution is 5.81. The quantitative estimate of drug-likeness (QED) is 0.783. The summed E-state index contributed by atoms with van der Waals surface area (Å²) in [7, 11) is 0. The Morgan fingerprint density at radius 2 is 2.05 bits per heavy atom. The van der Waals surface area contributed by atoms with Crippen LogP contribution in [0.3, 0.4) is 0 Å². The van der Waals surface area contributed by atoms with Crippen molar-refractivity contribution >= 4 is 5.91 Å². The third kappa shape index (κ3) is 4.71. The van der Waals surface area contributed by atoms with E-state index in [0.29, 0.717) is 0 Å². The van der Waals surface area contributed by atoms with Crippen LogP contribution in [0.15, 0.2) is 18.5 Å². The standard InChI is InChI=1S/C15H27N3O/c1-5-9-17-10-8-14(12-17)11-16-13(4)15(19)18(6-2)7-3/h8,10,12-13,16H,5-7,9,11H2,1-4H3. The van der Waals surface area contributed by atoms with Crippen molar-refractivity contribution in [2.45, 2.75) is 53.2 Å². The Kier molecular flexibility index (Phi) is 6.64. The molecule has 4 heteroatoms. The molecule has 108 valence electrons. The SMILES string of the molecule is CCCn1ccc(CNC(C)C(=O)N(CC)CC)c1. The average Bonchev–Trinajstić information content (AvgIpc) is 2.85. The number of hydrogen-bond acceptors (Lipinski definition) is 2. The van der Waals surface area contributed by atoms with Crippen LogP contribution in [0.4, 0.5) is 0 Å². The van der Waals surface area contributed by atoms with Gasteiger partial charge in [-0.3, -0.25) is 4.79 Å². The van der Waals surface area contributed by atoms with Gasteiger partial charge < -0.3 is 14.8 Å². The summed E-state index contributed by atoms with van der Waals surface area (Å²) < 4.78 is 2.19. The molecule has 0 aromatic carbocycles. The van der Waals surface area contributed by atoms with Crippen molar-refractivity contribution in [1.29, 1.82) is 0 Å². The van der Waals surface area contributed by atoms with Crippen molar-refractivity contribution in [2.75, 3.05) is 13.1 Å². The van der Waals surface area contributed by atoms with Crippen LogP contribution in [0.25, 0.3) is 0 Å². The predicted octanol–water partition coefficient (Wildman–Crippen LogP) is 2.24. The summed E-state index contributed by atoms with van der Waals surface area (Å²) in [5.41, 5.74) is 1.23. The van der Waals surface area contributed by atoms with Crippen LogP contribution >= 0.6 is 0 Å². The van der Waals surface area contributed by atoms with Crippen molar-refractivity contribution in [3.05, 3.63) is 24.0 Å². The monoisotopic (exact) mass is 265 g/mol. The lowest BCUT2D eigenvalue weighted by Gasteiger charge is -2.23. The fourth-order valence-electron chi connectivity index (χ4n) is 2.16. The second-order valence-corrected chi connectivity index (χ2v) is 4.87. The molecule has 1 aromatic rings. The lowest BCUT2D eigenvalue weighted by Crippen LogP contribution is -2.44. The smallest absolute Gasteiger partial charge is 0.239 e. The number of carbonyl (C=O) groups is 1. The molecule has 1 aromatic heterocycles. The molecule has 0 bridgehead atoms. The Bertz CT molecular complexity index is 382. The third-order valence-corrected chi connectivity index (χ3v) is 3.35. The van der Waals surface area contributed by atoms with Gasteiger partial charge in [-0.1, -0.05) is 6.92 Å². The van der Waals surface area contributed by atoms with Crippen LogP contribution in [0.5, 0.6) is 0 Å². The lowest BCUT2D eigenvalue weighted by atomic mass is 10.2. The Hall–Kier alpha value is -1.29. The summed E-state index contributed by atoms with van der Waals surface area (Å²) in [6.45, 7) is 11.5. The van der Waals surface area contributed by atoms with Crippen molar-refractivity contribution in [1.82, 2.24) is 14.8 Å². The number of likely N-dealkylation sites (N-methyl/N-ethyl adjacent to an activating group) is 1. The molecule has 0 aliphatic carbocycles. The summed E-state index contributed by atoms with van der Waals surface area (Å²) in [6.07, 6.45) is 5.38. The number of aryl methyl sites for hydroxylation is 1. The number of nitrogens with zero attached hydrogens (tertiary/aromatic N) is 2. The Labute approximate surface area is 116 Å². The first kappa shape index (κ1) is 15.8. The fourth-order valence-corrected chi connectivity index (χ4v) is 2.16. The fraction of sp³-hybridized carbons (Fsp3) is 0.667. The van der Waals surface area contributed by atoms with Crippen LogP contribution < -0.4 is 5.32 Å². The van der Waals surface area contributed by atoms with Gasteiger partial charge in [0, 0.05) is 38.6 Å². The molecule has 4 nitrogen and oxygen atoms in total. The van der Waals surface area contributed by atoms with Gasteiger partial charge in [-0.2, -0.15) is 0 Å². The van der Waals surface area contributed by atoms with Crippen molar-refractivity contribution < 1.29 is 4.79 Å². The molecule has 0 saturated heterocycles. The zero-order valence-corrected chi connectivity index (χ0v) is 12.6. The molecule has 1 amide bonds. The van der Waals surface area contributed by atoms with Crippen LogP contribution in [-0.2, 0) is 17.9 Å². The highest BCUT2D eigenvalue weighted by atomic mass is 16.2. The molecular weight excluding hydrogens is 238 g/mol. The van der Waals surface area contributed by atoms with Crippen molar-refractivity contribution in [2.24, 2.45) is 0 Å². The second-order valence-electron chi connectivity index (χ2n) is 4.87. The highest BCUT2D eigenvalue weighted by Crippen LogP contribution is 2.03. The first-order chi connectivity index (χ1) is 9.12. The maximum absolute atomic E-state index is 12.1. The van der Waals surface area contributed by atoms with E-state index in [1.807, 2.05) is 25.7 Å². The molecule has 1 unspecified atom stereocenters. The first-order valence-corrected chi connectivity index (χ1v) is 7.29. The molecule has 0 aliphatic rings. The van der Waals surface area contributed by atoms with Crippen molar-refractivity contribution in [3.8, 4) is 0 Å². The van der Waals surface area contributed by atoms with Crippen molar-refractivity contribution in [3.63, 3.8) is 0 Å². The average molecular weight is 265 g/mol. The van der Waals surface area contributed by atoms with E-state index in [0.717, 1.165) is 32.6 Å². The first-order valence-electron chi connectivity index (χ1n) is 7.29. The molecule has 0 saturated carbocycles. The van der Waals surface area contributed by atoms with E-state index in [4.69, 9.17) is 0 Å². The van der Waals surface area contributed by atoms with Gasteiger partial charge in [0.05, 0.1) is 6.04 Å². The maximum Gasteiger partial charge on any atom is 0.239 e. The van der Waals surface area contributed by atoms with Gasteiger partial charge in [0.25, 0.3) is 0 Å². The molecular formula is C15H27N3O. The largest absolute Gasteiger partial charge is 0.354 e. The van der Waals surface area contributed by atoms with Gasteiger partial charge in [0.15, 0.2) is 0 Å². The second kappa shape index (κ2) is 8.00. The number of hydrogen-bond donors (Lipinski definition) is 1. The van der Waals surface area contributed by atoms with Gasteiger partial charge in [0.2, 0.25) is 5.91 Å². The lowest BCUT2D eigenvalue weighted by molar-refractivity contribution is -0.132. The number of carbonyl (C=O) groups excluding carboxylic acids is 1. The minimum Gasteiger partial charge on any atom is -0.354 e. The van der Waals surface area contributed by atoms with Gasteiger partial charge in [-0.25, -0.2) is 0 Å². The van der Waals surface area contributed by atoms with Gasteiger partial charge in [-0.05, 0) is 38.8 Å². The summed E-state index contributed by atoms with van der Waals surface area (Å²) >= 11 is 0. The number of rotatable bonds is 8. The molecule has 0 aliphatic heterocycles. The van der Waals surface area contributed by atoms with Gasteiger partial charge >= 0.3 is 0 Å². The number of aromatic nitrogens is 1. The number of nitrogens with one attached hydrogen (secondary N) is 1.